The molecule has 0 atom stereocenters. The number of sulfonamides is 1. The highest BCUT2D eigenvalue weighted by atomic mass is 32.2. The number of nitrogens with one attached hydrogen (secondary N) is 1. The molecule has 0 aliphatic rings. The fraction of sp³-hybridized carbons (Fsp3) is 0.0769. The van der Waals surface area contributed by atoms with Gasteiger partial charge in [0.25, 0.3) is 10.0 Å². The van der Waals surface area contributed by atoms with Crippen LogP contribution in [0.2, 0.25) is 0 Å². The zero-order valence-electron chi connectivity index (χ0n) is 17.3. The average Bonchev–Trinajstić information content (AvgIpc) is 3.05. The predicted octanol–water partition coefficient (Wildman–Crippen LogP) is 6.11. The molecule has 4 nitrogen and oxygen atoms in total. The summed E-state index contributed by atoms with van der Waals surface area (Å²) in [5, 5.41) is 3.26. The van der Waals surface area contributed by atoms with Gasteiger partial charge in [0, 0.05) is 18.0 Å². The number of aromatic nitrogens is 1. The van der Waals surface area contributed by atoms with E-state index in [-0.39, 0.29) is 4.90 Å². The summed E-state index contributed by atoms with van der Waals surface area (Å²) in [5.74, 6) is 0.553. The fourth-order valence-electron chi connectivity index (χ4n) is 4.05. The summed E-state index contributed by atoms with van der Waals surface area (Å²) in [5.41, 5.74) is 3.82. The molecule has 1 heterocycles. The van der Waals surface area contributed by atoms with E-state index in [1.54, 1.807) is 24.3 Å². The van der Waals surface area contributed by atoms with Gasteiger partial charge < -0.3 is 4.57 Å². The predicted molar refractivity (Wildman–Crippen MR) is 128 cm³/mol. The van der Waals surface area contributed by atoms with Gasteiger partial charge in [-0.15, -0.1) is 0 Å². The van der Waals surface area contributed by atoms with Crippen LogP contribution in [0.4, 0.5) is 5.82 Å². The van der Waals surface area contributed by atoms with E-state index < -0.39 is 10.0 Å². The highest BCUT2D eigenvalue weighted by molar-refractivity contribution is 7.92. The first-order chi connectivity index (χ1) is 14.9. The number of aryl methyl sites for hydroxylation is 2. The van der Waals surface area contributed by atoms with E-state index in [0.717, 1.165) is 38.4 Å². The minimum atomic E-state index is -3.74. The van der Waals surface area contributed by atoms with Crippen LogP contribution < -0.4 is 4.72 Å². The first-order valence-corrected chi connectivity index (χ1v) is 11.6. The standard InChI is InChI=1S/C26H22N2O2S/c1-18-11-15-22(16-12-18)31(29,30)27-26-25(23-9-5-6-10-24(23)28(26)2)21-14-13-19-7-3-4-8-20(19)17-21/h3-17,27H,1-2H3. The lowest BCUT2D eigenvalue weighted by atomic mass is 10.00. The molecule has 154 valence electrons. The number of para-hydroxylation sites is 1. The summed E-state index contributed by atoms with van der Waals surface area (Å²) in [6, 6.07) is 29.3. The second kappa shape index (κ2) is 7.29. The van der Waals surface area contributed by atoms with Gasteiger partial charge in [0.2, 0.25) is 0 Å². The third-order valence-electron chi connectivity index (χ3n) is 5.71. The van der Waals surface area contributed by atoms with Crippen LogP contribution in [0.15, 0.2) is 95.9 Å². The van der Waals surface area contributed by atoms with Gasteiger partial charge in [0.05, 0.1) is 10.4 Å². The number of rotatable bonds is 4. The number of fused-ring (bicyclic) bond motifs is 2. The Bertz CT molecular complexity index is 1530. The molecule has 5 rings (SSSR count). The summed E-state index contributed by atoms with van der Waals surface area (Å²) in [6.07, 6.45) is 0. The monoisotopic (exact) mass is 426 g/mol. The number of nitrogens with zero attached hydrogens (tertiary/aromatic N) is 1. The van der Waals surface area contributed by atoms with Gasteiger partial charge in [-0.05, 0) is 47.5 Å². The van der Waals surface area contributed by atoms with Crippen molar-refractivity contribution in [2.45, 2.75) is 11.8 Å². The van der Waals surface area contributed by atoms with Gasteiger partial charge in [-0.2, -0.15) is 0 Å². The van der Waals surface area contributed by atoms with Crippen molar-refractivity contribution in [2.24, 2.45) is 7.05 Å². The molecule has 0 saturated heterocycles. The second-order valence-corrected chi connectivity index (χ2v) is 9.46. The van der Waals surface area contributed by atoms with Crippen LogP contribution in [0.1, 0.15) is 5.56 Å². The van der Waals surface area contributed by atoms with Gasteiger partial charge in [-0.1, -0.05) is 72.3 Å². The normalized spacial score (nSPS) is 11.8. The van der Waals surface area contributed by atoms with E-state index in [1.807, 2.05) is 61.0 Å². The van der Waals surface area contributed by atoms with Crippen LogP contribution >= 0.6 is 0 Å². The smallest absolute Gasteiger partial charge is 0.263 e. The van der Waals surface area contributed by atoms with Crippen molar-refractivity contribution in [3.8, 4) is 11.1 Å². The van der Waals surface area contributed by atoms with E-state index in [9.17, 15) is 8.42 Å². The maximum absolute atomic E-state index is 13.2. The highest BCUT2D eigenvalue weighted by Gasteiger charge is 2.22. The molecule has 5 heteroatoms. The van der Waals surface area contributed by atoms with Crippen molar-refractivity contribution in [3.05, 3.63) is 96.6 Å². The molecule has 0 aliphatic carbocycles. The number of benzene rings is 4. The third-order valence-corrected chi connectivity index (χ3v) is 7.06. The zero-order valence-corrected chi connectivity index (χ0v) is 18.1. The second-order valence-electron chi connectivity index (χ2n) is 7.78. The number of hydrogen-bond acceptors (Lipinski definition) is 2. The fourth-order valence-corrected chi connectivity index (χ4v) is 5.16. The van der Waals surface area contributed by atoms with E-state index in [0.29, 0.717) is 5.82 Å². The SMILES string of the molecule is Cc1ccc(S(=O)(=O)Nc2c(-c3ccc4ccccc4c3)c3ccccc3n2C)cc1. The lowest BCUT2D eigenvalue weighted by Crippen LogP contribution is -2.15. The highest BCUT2D eigenvalue weighted by Crippen LogP contribution is 2.39. The van der Waals surface area contributed by atoms with E-state index >= 15 is 0 Å². The Labute approximate surface area is 181 Å². The van der Waals surface area contributed by atoms with E-state index in [1.165, 1.54) is 0 Å². The molecule has 0 unspecified atom stereocenters. The van der Waals surface area contributed by atoms with Crippen LogP contribution in [0.5, 0.6) is 0 Å². The molecule has 0 radical (unpaired) electrons. The third kappa shape index (κ3) is 3.37. The van der Waals surface area contributed by atoms with Crippen molar-refractivity contribution in [2.75, 3.05) is 4.72 Å². The molecule has 31 heavy (non-hydrogen) atoms. The van der Waals surface area contributed by atoms with Gasteiger partial charge in [0.1, 0.15) is 5.82 Å². The summed E-state index contributed by atoms with van der Waals surface area (Å²) in [7, 11) is -1.86. The Balaban J connectivity index is 1.72. The maximum atomic E-state index is 13.2. The molecular formula is C26H22N2O2S. The quantitative estimate of drug-likeness (QED) is 0.377. The van der Waals surface area contributed by atoms with E-state index in [2.05, 4.69) is 29.0 Å². The molecule has 1 aromatic heterocycles. The molecule has 0 amide bonds. The van der Waals surface area contributed by atoms with Crippen LogP contribution in [-0.2, 0) is 17.1 Å². The Hall–Kier alpha value is -3.57. The minimum absolute atomic E-state index is 0.243. The van der Waals surface area contributed by atoms with Crippen molar-refractivity contribution >= 4 is 37.5 Å². The van der Waals surface area contributed by atoms with Crippen LogP contribution in [0, 0.1) is 6.92 Å². The molecular weight excluding hydrogens is 404 g/mol. The Morgan fingerprint density at radius 3 is 2.23 bits per heavy atom. The number of hydrogen-bond donors (Lipinski definition) is 1. The lowest BCUT2D eigenvalue weighted by molar-refractivity contribution is 0.600. The maximum Gasteiger partial charge on any atom is 0.263 e. The summed E-state index contributed by atoms with van der Waals surface area (Å²) < 4.78 is 31.2. The van der Waals surface area contributed by atoms with Gasteiger partial charge in [-0.3, -0.25) is 4.72 Å². The van der Waals surface area contributed by atoms with Gasteiger partial charge >= 0.3 is 0 Å². The molecule has 0 bridgehead atoms. The van der Waals surface area contributed by atoms with Crippen LogP contribution in [0.3, 0.4) is 0 Å². The molecule has 5 aromatic rings. The first kappa shape index (κ1) is 19.4. The molecule has 0 saturated carbocycles. The van der Waals surface area contributed by atoms with Crippen LogP contribution in [0.25, 0.3) is 32.8 Å². The molecule has 1 N–H and O–H groups in total. The minimum Gasteiger partial charge on any atom is -0.329 e. The van der Waals surface area contributed by atoms with Gasteiger partial charge in [0.15, 0.2) is 0 Å². The largest absolute Gasteiger partial charge is 0.329 e. The number of anilines is 1. The average molecular weight is 427 g/mol. The van der Waals surface area contributed by atoms with Crippen molar-refractivity contribution in [1.82, 2.24) is 4.57 Å². The summed E-state index contributed by atoms with van der Waals surface area (Å²) >= 11 is 0. The Kier molecular flexibility index (Phi) is 4.56. The summed E-state index contributed by atoms with van der Waals surface area (Å²) in [6.45, 7) is 1.94. The van der Waals surface area contributed by atoms with Crippen molar-refractivity contribution in [3.63, 3.8) is 0 Å². The lowest BCUT2D eigenvalue weighted by Gasteiger charge is -2.13. The zero-order chi connectivity index (χ0) is 21.6. The first-order valence-electron chi connectivity index (χ1n) is 10.1. The summed E-state index contributed by atoms with van der Waals surface area (Å²) in [4.78, 5) is 0.243. The Morgan fingerprint density at radius 2 is 1.45 bits per heavy atom. The molecule has 0 spiro atoms. The topological polar surface area (TPSA) is 51.1 Å². The van der Waals surface area contributed by atoms with Gasteiger partial charge in [-0.25, -0.2) is 8.42 Å². The molecule has 0 fully saturated rings. The van der Waals surface area contributed by atoms with Crippen molar-refractivity contribution in [1.29, 1.82) is 0 Å². The van der Waals surface area contributed by atoms with E-state index in [4.69, 9.17) is 0 Å². The molecule has 4 aromatic carbocycles. The molecule has 0 aliphatic heterocycles. The van der Waals surface area contributed by atoms with Crippen LogP contribution in [-0.4, -0.2) is 13.0 Å². The van der Waals surface area contributed by atoms with Crippen molar-refractivity contribution < 1.29 is 8.42 Å². The Morgan fingerprint density at radius 1 is 0.774 bits per heavy atom.